The van der Waals surface area contributed by atoms with E-state index in [0.29, 0.717) is 28.8 Å². The van der Waals surface area contributed by atoms with Gasteiger partial charge in [0.05, 0.1) is 5.69 Å². The lowest BCUT2D eigenvalue weighted by Crippen LogP contribution is -2.11. The Hall–Kier alpha value is -3.28. The maximum absolute atomic E-state index is 12.3. The van der Waals surface area contributed by atoms with Crippen molar-refractivity contribution in [1.29, 1.82) is 0 Å². The molecule has 1 aliphatic rings. The number of phenols is 1. The first-order valence-electron chi connectivity index (χ1n) is 8.11. The van der Waals surface area contributed by atoms with E-state index < -0.39 is 0 Å². The highest BCUT2D eigenvalue weighted by molar-refractivity contribution is 6.03. The lowest BCUT2D eigenvalue weighted by atomic mass is 10.2. The van der Waals surface area contributed by atoms with Crippen molar-refractivity contribution in [2.45, 2.75) is 18.8 Å². The van der Waals surface area contributed by atoms with Crippen molar-refractivity contribution in [2.75, 3.05) is 5.32 Å². The maximum Gasteiger partial charge on any atom is 0.256 e. The summed E-state index contributed by atoms with van der Waals surface area (Å²) >= 11 is 0. The highest BCUT2D eigenvalue weighted by Crippen LogP contribution is 2.39. The second-order valence-electron chi connectivity index (χ2n) is 6.06. The fraction of sp³-hybridized carbons (Fsp3) is 0.158. The molecule has 1 saturated carbocycles. The molecule has 126 valence electrons. The van der Waals surface area contributed by atoms with Gasteiger partial charge >= 0.3 is 0 Å². The standard InChI is InChI=1S/C19H17N3O3/c23-14-5-9-16(10-6-14)25-15-7-3-13(4-8-15)19(24)20-18-11-17(21-22-18)12-1-2-12/h3-12,23H,1-2H2,(H2,20,21,22,24). The monoisotopic (exact) mass is 335 g/mol. The summed E-state index contributed by atoms with van der Waals surface area (Å²) in [5, 5.41) is 19.1. The molecule has 0 aliphatic heterocycles. The molecular weight excluding hydrogens is 318 g/mol. The van der Waals surface area contributed by atoms with Crippen LogP contribution < -0.4 is 10.1 Å². The third kappa shape index (κ3) is 3.63. The largest absolute Gasteiger partial charge is 0.508 e. The van der Waals surface area contributed by atoms with Gasteiger partial charge in [0.2, 0.25) is 0 Å². The quantitative estimate of drug-likeness (QED) is 0.657. The Morgan fingerprint density at radius 1 is 1.08 bits per heavy atom. The first-order chi connectivity index (χ1) is 12.2. The third-order valence-electron chi connectivity index (χ3n) is 4.03. The number of phenolic OH excluding ortho intramolecular Hbond substituents is 1. The van der Waals surface area contributed by atoms with Crippen LogP contribution in [0.4, 0.5) is 5.82 Å². The van der Waals surface area contributed by atoms with Gasteiger partial charge in [-0.3, -0.25) is 9.89 Å². The van der Waals surface area contributed by atoms with E-state index in [2.05, 4.69) is 15.5 Å². The van der Waals surface area contributed by atoms with Gasteiger partial charge in [-0.15, -0.1) is 0 Å². The van der Waals surface area contributed by atoms with Crippen molar-refractivity contribution in [1.82, 2.24) is 10.2 Å². The molecule has 6 nitrogen and oxygen atoms in total. The van der Waals surface area contributed by atoms with E-state index >= 15 is 0 Å². The van der Waals surface area contributed by atoms with Gasteiger partial charge in [0.25, 0.3) is 5.91 Å². The number of aromatic amines is 1. The van der Waals surface area contributed by atoms with E-state index in [0.717, 1.165) is 5.69 Å². The summed E-state index contributed by atoms with van der Waals surface area (Å²) in [6, 6.07) is 15.2. The lowest BCUT2D eigenvalue weighted by Gasteiger charge is -2.07. The van der Waals surface area contributed by atoms with E-state index in [9.17, 15) is 9.90 Å². The minimum absolute atomic E-state index is 0.183. The number of hydrogen-bond acceptors (Lipinski definition) is 4. The molecule has 1 fully saturated rings. The fourth-order valence-corrected chi connectivity index (χ4v) is 2.51. The van der Waals surface area contributed by atoms with E-state index in [4.69, 9.17) is 4.74 Å². The number of nitrogens with zero attached hydrogens (tertiary/aromatic N) is 1. The number of aromatic hydroxyl groups is 1. The predicted octanol–water partition coefficient (Wildman–Crippen LogP) is 4.04. The van der Waals surface area contributed by atoms with Gasteiger partial charge in [-0.2, -0.15) is 5.10 Å². The number of ether oxygens (including phenoxy) is 1. The number of H-pyrrole nitrogens is 1. The van der Waals surface area contributed by atoms with Crippen molar-refractivity contribution in [3.8, 4) is 17.2 Å². The average Bonchev–Trinajstić information content (AvgIpc) is 3.37. The maximum atomic E-state index is 12.3. The summed E-state index contributed by atoms with van der Waals surface area (Å²) in [6.07, 6.45) is 2.33. The first-order valence-corrected chi connectivity index (χ1v) is 8.11. The predicted molar refractivity (Wildman–Crippen MR) is 93.1 cm³/mol. The van der Waals surface area contributed by atoms with E-state index in [1.54, 1.807) is 48.5 Å². The highest BCUT2D eigenvalue weighted by Gasteiger charge is 2.26. The number of anilines is 1. The van der Waals surface area contributed by atoms with Crippen LogP contribution in [0.1, 0.15) is 34.8 Å². The Morgan fingerprint density at radius 2 is 1.72 bits per heavy atom. The normalized spacial score (nSPS) is 13.4. The number of nitrogens with one attached hydrogen (secondary N) is 2. The highest BCUT2D eigenvalue weighted by atomic mass is 16.5. The molecule has 0 bridgehead atoms. The third-order valence-corrected chi connectivity index (χ3v) is 4.03. The molecule has 1 aromatic heterocycles. The number of carbonyl (C=O) groups excluding carboxylic acids is 1. The van der Waals surface area contributed by atoms with Gasteiger partial charge in [0.1, 0.15) is 23.1 Å². The molecule has 4 rings (SSSR count). The molecule has 0 unspecified atom stereocenters. The molecule has 1 heterocycles. The minimum Gasteiger partial charge on any atom is -0.508 e. The van der Waals surface area contributed by atoms with Gasteiger partial charge in [-0.25, -0.2) is 0 Å². The van der Waals surface area contributed by atoms with Crippen molar-refractivity contribution in [3.05, 3.63) is 65.9 Å². The molecular formula is C19H17N3O3. The van der Waals surface area contributed by atoms with Crippen LogP contribution in [0.25, 0.3) is 0 Å². The molecule has 1 aliphatic carbocycles. The topological polar surface area (TPSA) is 87.2 Å². The van der Waals surface area contributed by atoms with Crippen LogP contribution in [0.2, 0.25) is 0 Å². The van der Waals surface area contributed by atoms with Crippen LogP contribution in [0.3, 0.4) is 0 Å². The smallest absolute Gasteiger partial charge is 0.256 e. The molecule has 3 aromatic rings. The Kier molecular flexibility index (Phi) is 3.85. The van der Waals surface area contributed by atoms with Crippen LogP contribution in [0.15, 0.2) is 54.6 Å². The number of rotatable bonds is 5. The van der Waals surface area contributed by atoms with Crippen molar-refractivity contribution < 1.29 is 14.6 Å². The summed E-state index contributed by atoms with van der Waals surface area (Å²) in [7, 11) is 0. The van der Waals surface area contributed by atoms with E-state index in [1.165, 1.54) is 12.8 Å². The van der Waals surface area contributed by atoms with Gasteiger partial charge < -0.3 is 15.2 Å². The van der Waals surface area contributed by atoms with Crippen LogP contribution in [0, 0.1) is 0 Å². The first kappa shape index (κ1) is 15.3. The van der Waals surface area contributed by atoms with E-state index in [1.807, 2.05) is 6.07 Å². The SMILES string of the molecule is O=C(Nc1cc(C2CC2)n[nH]1)c1ccc(Oc2ccc(O)cc2)cc1. The number of carbonyl (C=O) groups is 1. The Labute approximate surface area is 144 Å². The Bertz CT molecular complexity index is 881. The zero-order valence-electron chi connectivity index (χ0n) is 13.4. The summed E-state index contributed by atoms with van der Waals surface area (Å²) in [4.78, 5) is 12.3. The van der Waals surface area contributed by atoms with Crippen LogP contribution >= 0.6 is 0 Å². The average molecular weight is 335 g/mol. The second-order valence-corrected chi connectivity index (χ2v) is 6.06. The van der Waals surface area contributed by atoms with Crippen LogP contribution in [0.5, 0.6) is 17.2 Å². The number of aromatic nitrogens is 2. The van der Waals surface area contributed by atoms with Gasteiger partial charge in [-0.05, 0) is 61.4 Å². The molecule has 6 heteroatoms. The molecule has 0 saturated heterocycles. The van der Waals surface area contributed by atoms with Crippen LogP contribution in [-0.2, 0) is 0 Å². The molecule has 3 N–H and O–H groups in total. The molecule has 2 aromatic carbocycles. The molecule has 0 spiro atoms. The van der Waals surface area contributed by atoms with Crippen molar-refractivity contribution in [3.63, 3.8) is 0 Å². The molecule has 0 atom stereocenters. The van der Waals surface area contributed by atoms with Crippen LogP contribution in [-0.4, -0.2) is 21.2 Å². The number of benzene rings is 2. The zero-order chi connectivity index (χ0) is 17.2. The van der Waals surface area contributed by atoms with Gasteiger partial charge in [-0.1, -0.05) is 0 Å². The molecule has 0 radical (unpaired) electrons. The van der Waals surface area contributed by atoms with E-state index in [-0.39, 0.29) is 11.7 Å². The summed E-state index contributed by atoms with van der Waals surface area (Å²) < 4.78 is 5.66. The molecule has 1 amide bonds. The minimum atomic E-state index is -0.206. The summed E-state index contributed by atoms with van der Waals surface area (Å²) in [5.41, 5.74) is 1.54. The molecule has 25 heavy (non-hydrogen) atoms. The number of hydrogen-bond donors (Lipinski definition) is 3. The van der Waals surface area contributed by atoms with Gasteiger partial charge in [0, 0.05) is 17.5 Å². The fourth-order valence-electron chi connectivity index (χ4n) is 2.51. The van der Waals surface area contributed by atoms with Crippen molar-refractivity contribution in [2.24, 2.45) is 0 Å². The summed E-state index contributed by atoms with van der Waals surface area (Å²) in [5.74, 6) is 2.35. The Balaban J connectivity index is 1.40. The Morgan fingerprint density at radius 3 is 2.36 bits per heavy atom. The zero-order valence-corrected chi connectivity index (χ0v) is 13.4. The van der Waals surface area contributed by atoms with Gasteiger partial charge in [0.15, 0.2) is 0 Å². The lowest BCUT2D eigenvalue weighted by molar-refractivity contribution is 0.102. The van der Waals surface area contributed by atoms with Crippen molar-refractivity contribution >= 4 is 11.7 Å². The number of amides is 1. The second kappa shape index (κ2) is 6.32. The summed E-state index contributed by atoms with van der Waals surface area (Å²) in [6.45, 7) is 0.